The Balaban J connectivity index is 0.00000420. The van der Waals surface area contributed by atoms with Gasteiger partial charge in [0.25, 0.3) is 5.91 Å². The predicted molar refractivity (Wildman–Crippen MR) is 132 cm³/mol. The number of nitrogens with zero attached hydrogens (tertiary/aromatic N) is 2. The van der Waals surface area contributed by atoms with Crippen LogP contribution in [0.3, 0.4) is 0 Å². The predicted octanol–water partition coefficient (Wildman–Crippen LogP) is 3.23. The number of amides is 1. The van der Waals surface area contributed by atoms with Crippen LogP contribution in [0.1, 0.15) is 55.5 Å². The maximum absolute atomic E-state index is 11.6. The van der Waals surface area contributed by atoms with E-state index >= 15 is 0 Å². The van der Waals surface area contributed by atoms with Crippen molar-refractivity contribution in [3.8, 4) is 0 Å². The summed E-state index contributed by atoms with van der Waals surface area (Å²) in [6.07, 6.45) is 5.33. The maximum Gasteiger partial charge on any atom is 0.251 e. The van der Waals surface area contributed by atoms with E-state index in [1.165, 1.54) is 38.8 Å². The van der Waals surface area contributed by atoms with Crippen molar-refractivity contribution in [2.45, 2.75) is 52.1 Å². The highest BCUT2D eigenvalue weighted by atomic mass is 127. The largest absolute Gasteiger partial charge is 0.355 e. The molecule has 0 radical (unpaired) electrons. The smallest absolute Gasteiger partial charge is 0.251 e. The van der Waals surface area contributed by atoms with E-state index in [0.29, 0.717) is 24.1 Å². The Labute approximate surface area is 193 Å². The number of likely N-dealkylation sites (tertiary alicyclic amines) is 1. The average molecular weight is 515 g/mol. The molecule has 164 valence electrons. The molecule has 0 aliphatic carbocycles. The Morgan fingerprint density at radius 3 is 2.21 bits per heavy atom. The number of halogens is 1. The van der Waals surface area contributed by atoms with Crippen molar-refractivity contribution in [3.05, 3.63) is 35.4 Å². The zero-order valence-corrected chi connectivity index (χ0v) is 20.7. The number of carbonyl (C=O) groups is 1. The van der Waals surface area contributed by atoms with Crippen LogP contribution in [0.2, 0.25) is 0 Å². The van der Waals surface area contributed by atoms with E-state index in [0.717, 1.165) is 18.1 Å². The lowest BCUT2D eigenvalue weighted by molar-refractivity contribution is 0.0963. The third-order valence-corrected chi connectivity index (χ3v) is 5.48. The van der Waals surface area contributed by atoms with E-state index < -0.39 is 0 Å². The van der Waals surface area contributed by atoms with Gasteiger partial charge in [-0.3, -0.25) is 14.7 Å². The number of hydrogen-bond donors (Lipinski definition) is 3. The molecule has 7 heteroatoms. The van der Waals surface area contributed by atoms with E-state index in [4.69, 9.17) is 0 Å². The lowest BCUT2D eigenvalue weighted by Gasteiger charge is -2.34. The van der Waals surface area contributed by atoms with Crippen molar-refractivity contribution in [2.75, 3.05) is 33.7 Å². The van der Waals surface area contributed by atoms with Gasteiger partial charge in [0.1, 0.15) is 0 Å². The van der Waals surface area contributed by atoms with Crippen molar-refractivity contribution in [1.82, 2.24) is 20.9 Å². The van der Waals surface area contributed by atoms with Crippen molar-refractivity contribution in [3.63, 3.8) is 0 Å². The molecular formula is C22H38IN5O. The van der Waals surface area contributed by atoms with Gasteiger partial charge in [-0.05, 0) is 49.5 Å². The summed E-state index contributed by atoms with van der Waals surface area (Å²) in [6.45, 7) is 8.59. The summed E-state index contributed by atoms with van der Waals surface area (Å²) in [7, 11) is 3.45. The molecule has 1 saturated heterocycles. The second-order valence-corrected chi connectivity index (χ2v) is 7.84. The second-order valence-electron chi connectivity index (χ2n) is 7.84. The molecule has 0 aromatic heterocycles. The Morgan fingerprint density at radius 2 is 1.69 bits per heavy atom. The van der Waals surface area contributed by atoms with Crippen LogP contribution < -0.4 is 16.0 Å². The number of benzene rings is 1. The maximum atomic E-state index is 11.6. The molecule has 0 bridgehead atoms. The van der Waals surface area contributed by atoms with E-state index in [9.17, 15) is 4.79 Å². The lowest BCUT2D eigenvalue weighted by Crippen LogP contribution is -2.49. The zero-order chi connectivity index (χ0) is 20.4. The molecule has 0 saturated carbocycles. The quantitative estimate of drug-likeness (QED) is 0.297. The first kappa shape index (κ1) is 25.7. The number of nitrogens with one attached hydrogen (secondary N) is 3. The molecule has 0 spiro atoms. The minimum absolute atomic E-state index is 0. The van der Waals surface area contributed by atoms with Gasteiger partial charge in [-0.15, -0.1) is 24.0 Å². The average Bonchev–Trinajstić information content (AvgIpc) is 2.99. The topological polar surface area (TPSA) is 68.8 Å². The minimum Gasteiger partial charge on any atom is -0.355 e. The Kier molecular flexibility index (Phi) is 12.2. The number of guanidine groups is 1. The van der Waals surface area contributed by atoms with Crippen LogP contribution in [0.5, 0.6) is 0 Å². The molecule has 1 unspecified atom stereocenters. The Morgan fingerprint density at radius 1 is 1.07 bits per heavy atom. The fourth-order valence-electron chi connectivity index (χ4n) is 3.74. The van der Waals surface area contributed by atoms with Crippen LogP contribution in [-0.4, -0.2) is 56.5 Å². The zero-order valence-electron chi connectivity index (χ0n) is 18.3. The van der Waals surface area contributed by atoms with Crippen LogP contribution >= 0.6 is 24.0 Å². The third kappa shape index (κ3) is 8.50. The van der Waals surface area contributed by atoms with Crippen LogP contribution in [0, 0.1) is 5.92 Å². The van der Waals surface area contributed by atoms with Gasteiger partial charge in [0, 0.05) is 38.8 Å². The standard InChI is InChI=1S/C22H37N5O.HI/c1-17(2)20(27-13-7-5-6-8-14-27)16-26-22(24-4)25-15-18-9-11-19(12-10-18)21(28)23-3;/h9-12,17,20H,5-8,13-16H2,1-4H3,(H,23,28)(H2,24,25,26);1H. The van der Waals surface area contributed by atoms with E-state index in [1.807, 2.05) is 24.3 Å². The molecule has 1 aromatic carbocycles. The monoisotopic (exact) mass is 515 g/mol. The fraction of sp³-hybridized carbons (Fsp3) is 0.636. The van der Waals surface area contributed by atoms with Gasteiger partial charge < -0.3 is 16.0 Å². The first-order chi connectivity index (χ1) is 13.5. The molecule has 1 aliphatic rings. The van der Waals surface area contributed by atoms with Gasteiger partial charge in [0.05, 0.1) is 0 Å². The minimum atomic E-state index is -0.0646. The molecule has 6 nitrogen and oxygen atoms in total. The fourth-order valence-corrected chi connectivity index (χ4v) is 3.74. The number of aliphatic imine (C=N–C) groups is 1. The van der Waals surface area contributed by atoms with Crippen LogP contribution in [0.25, 0.3) is 0 Å². The van der Waals surface area contributed by atoms with Crippen molar-refractivity contribution in [1.29, 1.82) is 0 Å². The summed E-state index contributed by atoms with van der Waals surface area (Å²) < 4.78 is 0. The molecule has 1 heterocycles. The number of hydrogen-bond acceptors (Lipinski definition) is 3. The van der Waals surface area contributed by atoms with Gasteiger partial charge in [0.15, 0.2) is 5.96 Å². The van der Waals surface area contributed by atoms with Crippen molar-refractivity contribution < 1.29 is 4.79 Å². The summed E-state index contributed by atoms with van der Waals surface area (Å²) >= 11 is 0. The lowest BCUT2D eigenvalue weighted by atomic mass is 10.0. The highest BCUT2D eigenvalue weighted by molar-refractivity contribution is 14.0. The summed E-state index contributed by atoms with van der Waals surface area (Å²) in [6, 6.07) is 8.15. The number of carbonyl (C=O) groups excluding carboxylic acids is 1. The molecule has 1 aromatic rings. The molecular weight excluding hydrogens is 477 g/mol. The van der Waals surface area contributed by atoms with Crippen molar-refractivity contribution in [2.24, 2.45) is 10.9 Å². The molecule has 3 N–H and O–H groups in total. The van der Waals surface area contributed by atoms with E-state index in [-0.39, 0.29) is 29.9 Å². The van der Waals surface area contributed by atoms with Gasteiger partial charge in [0.2, 0.25) is 0 Å². The highest BCUT2D eigenvalue weighted by Crippen LogP contribution is 2.17. The van der Waals surface area contributed by atoms with Crippen LogP contribution in [-0.2, 0) is 6.54 Å². The van der Waals surface area contributed by atoms with Crippen LogP contribution in [0.4, 0.5) is 0 Å². The van der Waals surface area contributed by atoms with E-state index in [2.05, 4.69) is 39.7 Å². The van der Waals surface area contributed by atoms with Gasteiger partial charge in [-0.1, -0.05) is 38.8 Å². The normalized spacial score (nSPS) is 16.5. The Bertz CT molecular complexity index is 625. The van der Waals surface area contributed by atoms with Gasteiger partial charge in [-0.2, -0.15) is 0 Å². The van der Waals surface area contributed by atoms with Gasteiger partial charge >= 0.3 is 0 Å². The Hall–Kier alpha value is -1.35. The SMILES string of the molecule is CN=C(NCc1ccc(C(=O)NC)cc1)NCC(C(C)C)N1CCCCCC1.I. The van der Waals surface area contributed by atoms with E-state index in [1.54, 1.807) is 14.1 Å². The molecule has 1 atom stereocenters. The highest BCUT2D eigenvalue weighted by Gasteiger charge is 2.22. The van der Waals surface area contributed by atoms with Gasteiger partial charge in [-0.25, -0.2) is 0 Å². The molecule has 1 amide bonds. The summed E-state index contributed by atoms with van der Waals surface area (Å²) in [4.78, 5) is 18.7. The van der Waals surface area contributed by atoms with Crippen molar-refractivity contribution >= 4 is 35.8 Å². The molecule has 1 fully saturated rings. The number of rotatable bonds is 7. The summed E-state index contributed by atoms with van der Waals surface area (Å²) in [5.74, 6) is 1.35. The summed E-state index contributed by atoms with van der Waals surface area (Å²) in [5.41, 5.74) is 1.79. The summed E-state index contributed by atoms with van der Waals surface area (Å²) in [5, 5.41) is 9.53. The molecule has 29 heavy (non-hydrogen) atoms. The first-order valence-corrected chi connectivity index (χ1v) is 10.5. The molecule has 2 rings (SSSR count). The third-order valence-electron chi connectivity index (χ3n) is 5.48. The first-order valence-electron chi connectivity index (χ1n) is 10.5. The second kappa shape index (κ2) is 13.8. The van der Waals surface area contributed by atoms with Crippen LogP contribution in [0.15, 0.2) is 29.3 Å². The molecule has 1 aliphatic heterocycles.